The van der Waals surface area contributed by atoms with Crippen LogP contribution in [0.2, 0.25) is 5.02 Å². The topological polar surface area (TPSA) is 139 Å². The minimum atomic E-state index is -1.02. The molecule has 0 unspecified atom stereocenters. The second-order valence-corrected chi connectivity index (χ2v) is 9.09. The van der Waals surface area contributed by atoms with E-state index in [0.717, 1.165) is 37.1 Å². The van der Waals surface area contributed by atoms with Crippen molar-refractivity contribution in [3.63, 3.8) is 0 Å². The number of carbonyl (C=O) groups excluding carboxylic acids is 1. The molecule has 5 rings (SSSR count). The third-order valence-corrected chi connectivity index (χ3v) is 6.26. The van der Waals surface area contributed by atoms with Crippen LogP contribution in [-0.2, 0) is 13.0 Å². The fourth-order valence-electron chi connectivity index (χ4n) is 3.87. The molecule has 0 saturated heterocycles. The normalized spacial score (nSPS) is 13.2. The van der Waals surface area contributed by atoms with E-state index in [2.05, 4.69) is 37.6 Å². The van der Waals surface area contributed by atoms with Crippen molar-refractivity contribution in [3.8, 4) is 5.95 Å². The zero-order valence-electron chi connectivity index (χ0n) is 19.6. The first-order valence-corrected chi connectivity index (χ1v) is 12.2. The Kier molecular flexibility index (Phi) is 6.55. The lowest BCUT2D eigenvalue weighted by molar-refractivity contribution is 0.0696. The van der Waals surface area contributed by atoms with Crippen molar-refractivity contribution in [2.75, 3.05) is 5.32 Å². The Morgan fingerprint density at radius 1 is 1.22 bits per heavy atom. The lowest BCUT2D eigenvalue weighted by atomic mass is 10.1. The summed E-state index contributed by atoms with van der Waals surface area (Å²) in [7, 11) is 0. The summed E-state index contributed by atoms with van der Waals surface area (Å²) >= 11 is 6.27. The lowest BCUT2D eigenvalue weighted by Crippen LogP contribution is -2.24. The highest BCUT2D eigenvalue weighted by Crippen LogP contribution is 2.28. The molecule has 0 aromatic carbocycles. The van der Waals surface area contributed by atoms with E-state index < -0.39 is 5.97 Å². The Labute approximate surface area is 211 Å². The molecule has 1 saturated carbocycles. The maximum absolute atomic E-state index is 13.2. The molecular weight excluding hydrogens is 484 g/mol. The van der Waals surface area contributed by atoms with Crippen LogP contribution in [0.25, 0.3) is 11.6 Å². The molecule has 1 aliphatic rings. The number of nitrogens with one attached hydrogen (secondary N) is 2. The summed E-state index contributed by atoms with van der Waals surface area (Å²) < 4.78 is 3.34. The Bertz CT molecular complexity index is 1440. The quantitative estimate of drug-likeness (QED) is 0.295. The van der Waals surface area contributed by atoms with Gasteiger partial charge in [-0.15, -0.1) is 0 Å². The highest BCUT2D eigenvalue weighted by molar-refractivity contribution is 6.32. The summed E-state index contributed by atoms with van der Waals surface area (Å²) in [6.45, 7) is 2.29. The molecular formula is C24H25ClN8O3. The third-order valence-electron chi connectivity index (χ3n) is 5.99. The molecule has 0 radical (unpaired) electrons. The number of unbranched alkanes of at least 4 members (excludes halogenated alkanes) is 1. The molecule has 1 amide bonds. The fraction of sp³-hybridized carbons (Fsp3) is 0.333. The van der Waals surface area contributed by atoms with Gasteiger partial charge in [0.2, 0.25) is 0 Å². The van der Waals surface area contributed by atoms with E-state index >= 15 is 0 Å². The number of halogens is 1. The van der Waals surface area contributed by atoms with Gasteiger partial charge in [0.25, 0.3) is 11.9 Å². The Morgan fingerprint density at radius 3 is 2.81 bits per heavy atom. The summed E-state index contributed by atoms with van der Waals surface area (Å²) in [5, 5.41) is 20.3. The van der Waals surface area contributed by atoms with Crippen LogP contribution in [0, 0.1) is 0 Å². The van der Waals surface area contributed by atoms with Gasteiger partial charge in [0.05, 0.1) is 47.7 Å². The molecule has 36 heavy (non-hydrogen) atoms. The molecule has 0 bridgehead atoms. The molecule has 3 N–H and O–H groups in total. The van der Waals surface area contributed by atoms with E-state index in [9.17, 15) is 14.7 Å². The van der Waals surface area contributed by atoms with Crippen molar-refractivity contribution >= 4 is 34.9 Å². The average molecular weight is 509 g/mol. The number of carboxylic acid groups (broad SMARTS) is 1. The standard InChI is InChI=1S/C24H25ClN8O3/c1-2-3-4-19-17(12-29-33(19)24-28-13-18(25)21(31-24)30-15-5-6-15)22(34)27-11-16-10-26-20-9-14(23(35)36)7-8-32(16)20/h7-10,12-13,15H,2-6,11H2,1H3,(H,27,34)(H,35,36)(H,28,30,31). The maximum Gasteiger partial charge on any atom is 0.335 e. The number of amides is 1. The number of fused-ring (bicyclic) bond motifs is 1. The third kappa shape index (κ3) is 4.87. The van der Waals surface area contributed by atoms with E-state index in [1.165, 1.54) is 18.3 Å². The van der Waals surface area contributed by atoms with E-state index in [0.29, 0.717) is 40.5 Å². The number of aromatic nitrogens is 6. The fourth-order valence-corrected chi connectivity index (χ4v) is 4.01. The average Bonchev–Trinajstić information content (AvgIpc) is 3.44. The van der Waals surface area contributed by atoms with E-state index in [-0.39, 0.29) is 18.0 Å². The first kappa shape index (κ1) is 23.7. The number of imidazole rings is 1. The van der Waals surface area contributed by atoms with Gasteiger partial charge in [0.15, 0.2) is 5.82 Å². The summed E-state index contributed by atoms with van der Waals surface area (Å²) in [5.74, 6) is -0.392. The molecule has 12 heteroatoms. The second kappa shape index (κ2) is 9.94. The summed E-state index contributed by atoms with van der Waals surface area (Å²) in [5.41, 5.74) is 2.52. The Morgan fingerprint density at radius 2 is 2.06 bits per heavy atom. The Balaban J connectivity index is 1.38. The van der Waals surface area contributed by atoms with Crippen LogP contribution in [0.15, 0.2) is 36.9 Å². The number of aromatic carboxylic acids is 1. The van der Waals surface area contributed by atoms with Gasteiger partial charge < -0.3 is 20.1 Å². The summed E-state index contributed by atoms with van der Waals surface area (Å²) in [6.07, 6.45) is 10.9. The largest absolute Gasteiger partial charge is 0.478 e. The van der Waals surface area contributed by atoms with E-state index in [1.54, 1.807) is 27.7 Å². The van der Waals surface area contributed by atoms with Crippen molar-refractivity contribution in [3.05, 3.63) is 64.5 Å². The number of rotatable bonds is 10. The van der Waals surface area contributed by atoms with E-state index in [4.69, 9.17) is 11.6 Å². The van der Waals surface area contributed by atoms with Crippen LogP contribution in [0.5, 0.6) is 0 Å². The van der Waals surface area contributed by atoms with Crippen molar-refractivity contribution in [2.45, 2.75) is 51.6 Å². The van der Waals surface area contributed by atoms with Crippen LogP contribution in [0.3, 0.4) is 0 Å². The molecule has 4 heterocycles. The number of nitrogens with zero attached hydrogens (tertiary/aromatic N) is 6. The molecule has 0 aliphatic heterocycles. The van der Waals surface area contributed by atoms with Crippen LogP contribution in [0.1, 0.15) is 64.7 Å². The predicted molar refractivity (Wildman–Crippen MR) is 133 cm³/mol. The van der Waals surface area contributed by atoms with Gasteiger partial charge in [0, 0.05) is 12.2 Å². The second-order valence-electron chi connectivity index (χ2n) is 8.69. The smallest absolute Gasteiger partial charge is 0.335 e. The molecule has 4 aromatic heterocycles. The molecule has 4 aromatic rings. The zero-order valence-corrected chi connectivity index (χ0v) is 20.4. The lowest BCUT2D eigenvalue weighted by Gasteiger charge is -2.11. The minimum absolute atomic E-state index is 0.150. The van der Waals surface area contributed by atoms with Gasteiger partial charge >= 0.3 is 5.97 Å². The van der Waals surface area contributed by atoms with Crippen LogP contribution in [0.4, 0.5) is 5.82 Å². The van der Waals surface area contributed by atoms with Crippen LogP contribution < -0.4 is 10.6 Å². The van der Waals surface area contributed by atoms with Gasteiger partial charge in [-0.2, -0.15) is 10.1 Å². The number of hydrogen-bond donors (Lipinski definition) is 3. The highest BCUT2D eigenvalue weighted by Gasteiger charge is 2.24. The molecule has 0 spiro atoms. The number of pyridine rings is 1. The first-order valence-electron chi connectivity index (χ1n) is 11.8. The van der Waals surface area contributed by atoms with Crippen molar-refractivity contribution < 1.29 is 14.7 Å². The van der Waals surface area contributed by atoms with Crippen molar-refractivity contribution in [2.24, 2.45) is 0 Å². The first-order chi connectivity index (χ1) is 17.4. The number of hydrogen-bond acceptors (Lipinski definition) is 7. The molecule has 1 fully saturated rings. The highest BCUT2D eigenvalue weighted by atomic mass is 35.5. The zero-order chi connectivity index (χ0) is 25.2. The van der Waals surface area contributed by atoms with Gasteiger partial charge in [-0.05, 0) is 37.8 Å². The van der Waals surface area contributed by atoms with Crippen molar-refractivity contribution in [1.82, 2.24) is 34.4 Å². The summed E-state index contributed by atoms with van der Waals surface area (Å²) in [4.78, 5) is 37.5. The van der Waals surface area contributed by atoms with Crippen LogP contribution >= 0.6 is 11.6 Å². The van der Waals surface area contributed by atoms with Crippen LogP contribution in [-0.4, -0.2) is 52.2 Å². The molecule has 186 valence electrons. The monoisotopic (exact) mass is 508 g/mol. The molecule has 11 nitrogen and oxygen atoms in total. The number of carboxylic acids is 1. The van der Waals surface area contributed by atoms with Gasteiger partial charge in [-0.25, -0.2) is 19.4 Å². The Hall–Kier alpha value is -3.99. The van der Waals surface area contributed by atoms with Gasteiger partial charge in [-0.1, -0.05) is 24.9 Å². The predicted octanol–water partition coefficient (Wildman–Crippen LogP) is 3.51. The molecule has 0 atom stereocenters. The number of carbonyl (C=O) groups is 2. The van der Waals surface area contributed by atoms with E-state index in [1.807, 2.05) is 0 Å². The van der Waals surface area contributed by atoms with Crippen molar-refractivity contribution in [1.29, 1.82) is 0 Å². The summed E-state index contributed by atoms with van der Waals surface area (Å²) in [6, 6.07) is 3.35. The van der Waals surface area contributed by atoms with Gasteiger partial charge in [0.1, 0.15) is 10.7 Å². The number of anilines is 1. The maximum atomic E-state index is 13.2. The molecule has 1 aliphatic carbocycles. The van der Waals surface area contributed by atoms with Gasteiger partial charge in [-0.3, -0.25) is 4.79 Å². The minimum Gasteiger partial charge on any atom is -0.478 e. The SMILES string of the molecule is CCCCc1c(C(=O)NCc2cnc3cc(C(=O)O)ccn23)cnn1-c1ncc(Cl)c(NC2CC2)n1.